The molecule has 0 saturated carbocycles. The Morgan fingerprint density at radius 3 is 3.00 bits per heavy atom. The van der Waals surface area contributed by atoms with E-state index in [1.165, 1.54) is 0 Å². The summed E-state index contributed by atoms with van der Waals surface area (Å²) in [5, 5.41) is 0. The lowest BCUT2D eigenvalue weighted by molar-refractivity contribution is -0.892. The van der Waals surface area contributed by atoms with Crippen LogP contribution in [0.1, 0.15) is 6.92 Å². The monoisotopic (exact) mass is 186 g/mol. The Balaban J connectivity index is 2.77. The summed E-state index contributed by atoms with van der Waals surface area (Å²) >= 11 is 3.96. The lowest BCUT2D eigenvalue weighted by atomic mass is 10.5. The molecule has 66 valence electrons. The zero-order chi connectivity index (χ0) is 8.81. The zero-order valence-electron chi connectivity index (χ0n) is 6.93. The Labute approximate surface area is 77.3 Å². The van der Waals surface area contributed by atoms with Crippen molar-refractivity contribution in [3.05, 3.63) is 24.4 Å². The van der Waals surface area contributed by atoms with E-state index in [9.17, 15) is 0 Å². The van der Waals surface area contributed by atoms with Gasteiger partial charge >= 0.3 is 5.88 Å². The molecule has 0 fully saturated rings. The lowest BCUT2D eigenvalue weighted by Gasteiger charge is -1.99. The molecule has 0 aliphatic carbocycles. The second-order valence-corrected chi connectivity index (χ2v) is 2.31. The van der Waals surface area contributed by atoms with Crippen LogP contribution < -0.4 is 14.3 Å². The first-order valence-electron chi connectivity index (χ1n) is 3.76. The third kappa shape index (κ3) is 2.30. The van der Waals surface area contributed by atoms with Crippen LogP contribution in [-0.4, -0.2) is 12.5 Å². The molecule has 12 heavy (non-hydrogen) atoms. The molecule has 0 unspecified atom stereocenters. The Morgan fingerprint density at radius 1 is 1.50 bits per heavy atom. The van der Waals surface area contributed by atoms with Gasteiger partial charge in [-0.1, -0.05) is 0 Å². The van der Waals surface area contributed by atoms with Crippen molar-refractivity contribution < 1.29 is 14.3 Å². The Bertz CT molecular complexity index is 217. The fraction of sp³-hybridized carbons (Fsp3) is 0.375. The minimum atomic E-state index is 0.344. The van der Waals surface area contributed by atoms with Crippen molar-refractivity contribution in [2.45, 2.75) is 6.92 Å². The smallest absolute Gasteiger partial charge is 0.417 e. The Kier molecular flexibility index (Phi) is 3.73. The van der Waals surface area contributed by atoms with Gasteiger partial charge in [0.1, 0.15) is 5.94 Å². The van der Waals surface area contributed by atoms with E-state index in [1.54, 1.807) is 10.9 Å². The third-order valence-electron chi connectivity index (χ3n) is 1.27. The number of hydrogen-bond acceptors (Lipinski definition) is 3. The average molecular weight is 186 g/mol. The number of hydrogen-bond donors (Lipinski definition) is 1. The van der Waals surface area contributed by atoms with Crippen LogP contribution in [0.15, 0.2) is 24.4 Å². The van der Waals surface area contributed by atoms with Gasteiger partial charge in [-0.15, -0.1) is 12.6 Å². The molecule has 0 radical (unpaired) electrons. The van der Waals surface area contributed by atoms with Crippen LogP contribution in [-0.2, 0) is 0 Å². The minimum Gasteiger partial charge on any atom is -0.430 e. The molecule has 0 saturated heterocycles. The van der Waals surface area contributed by atoms with Crippen LogP contribution in [0.3, 0.4) is 0 Å². The van der Waals surface area contributed by atoms with Gasteiger partial charge in [0.2, 0.25) is 6.20 Å². The van der Waals surface area contributed by atoms with Gasteiger partial charge in [0.05, 0.1) is 6.07 Å². The molecule has 0 aromatic carbocycles. The van der Waals surface area contributed by atoms with E-state index in [-0.39, 0.29) is 0 Å². The summed E-state index contributed by atoms with van der Waals surface area (Å²) in [7, 11) is 0. The first kappa shape index (κ1) is 9.19. The van der Waals surface area contributed by atoms with Crippen LogP contribution in [0.4, 0.5) is 0 Å². The molecule has 1 rings (SSSR count). The van der Waals surface area contributed by atoms with Crippen LogP contribution in [0, 0.1) is 0 Å². The third-order valence-corrected chi connectivity index (χ3v) is 1.40. The van der Waals surface area contributed by atoms with E-state index in [0.717, 1.165) is 0 Å². The molecule has 0 spiro atoms. The van der Waals surface area contributed by atoms with Gasteiger partial charge < -0.3 is 4.74 Å². The number of nitrogens with zero attached hydrogens (tertiary/aromatic N) is 1. The fourth-order valence-electron chi connectivity index (χ4n) is 0.836. The highest BCUT2D eigenvalue weighted by Gasteiger charge is 2.10. The van der Waals surface area contributed by atoms with Crippen molar-refractivity contribution >= 4 is 12.6 Å². The Morgan fingerprint density at radius 2 is 2.33 bits per heavy atom. The van der Waals surface area contributed by atoms with Crippen molar-refractivity contribution in [2.75, 3.05) is 12.5 Å². The van der Waals surface area contributed by atoms with Gasteiger partial charge in [0, 0.05) is 10.8 Å². The number of pyridine rings is 1. The molecule has 0 aliphatic rings. The maximum Gasteiger partial charge on any atom is 0.417 e. The lowest BCUT2D eigenvalue weighted by Crippen LogP contribution is -2.43. The minimum absolute atomic E-state index is 0.344. The van der Waals surface area contributed by atoms with Crippen LogP contribution in [0.25, 0.3) is 0 Å². The van der Waals surface area contributed by atoms with Gasteiger partial charge in [0.25, 0.3) is 0 Å². The zero-order valence-corrected chi connectivity index (χ0v) is 7.83. The predicted octanol–water partition coefficient (Wildman–Crippen LogP) is 0.689. The van der Waals surface area contributed by atoms with Crippen LogP contribution >= 0.6 is 12.6 Å². The highest BCUT2D eigenvalue weighted by Crippen LogP contribution is 2.00. The van der Waals surface area contributed by atoms with Crippen LogP contribution in [0.2, 0.25) is 0 Å². The summed E-state index contributed by atoms with van der Waals surface area (Å²) in [6, 6.07) is 5.58. The molecule has 3 nitrogen and oxygen atoms in total. The van der Waals surface area contributed by atoms with Gasteiger partial charge in [-0.3, -0.25) is 4.84 Å². The predicted molar refractivity (Wildman–Crippen MR) is 48.2 cm³/mol. The second-order valence-electron chi connectivity index (χ2n) is 2.06. The van der Waals surface area contributed by atoms with Crippen molar-refractivity contribution in [1.29, 1.82) is 0 Å². The van der Waals surface area contributed by atoms with Crippen LogP contribution in [0.5, 0.6) is 5.88 Å². The number of rotatable bonds is 4. The summed E-state index contributed by atoms with van der Waals surface area (Å²) in [5.41, 5.74) is 0. The first-order valence-corrected chi connectivity index (χ1v) is 4.39. The average Bonchev–Trinajstić information content (AvgIpc) is 2.09. The van der Waals surface area contributed by atoms with Crippen molar-refractivity contribution in [3.63, 3.8) is 0 Å². The molecule has 0 amide bonds. The maximum absolute atomic E-state index is 5.25. The number of ether oxygens (including phenoxy) is 1. The van der Waals surface area contributed by atoms with Crippen molar-refractivity contribution in [2.24, 2.45) is 0 Å². The molecule has 0 bridgehead atoms. The van der Waals surface area contributed by atoms with Crippen molar-refractivity contribution in [3.8, 4) is 5.88 Å². The summed E-state index contributed by atoms with van der Waals surface area (Å²) < 4.78 is 6.77. The van der Waals surface area contributed by atoms with E-state index in [2.05, 4.69) is 12.6 Å². The molecule has 0 atom stereocenters. The molecular formula is C8H12NO2S+. The summed E-state index contributed by atoms with van der Waals surface area (Å²) in [6.07, 6.45) is 1.79. The first-order chi connectivity index (χ1) is 5.88. The van der Waals surface area contributed by atoms with E-state index in [1.807, 2.05) is 25.1 Å². The molecule has 1 aromatic rings. The normalized spacial score (nSPS) is 9.50. The fourth-order valence-corrected chi connectivity index (χ4v) is 0.969. The largest absolute Gasteiger partial charge is 0.430 e. The summed E-state index contributed by atoms with van der Waals surface area (Å²) in [4.78, 5) is 5.25. The standard InChI is InChI=1S/C8H11NO2S/c1-2-11-9-6-4-3-5-8(9)10-7-12/h3-6H,2,7H2,1H3/p+1. The number of thiol groups is 1. The molecule has 1 aromatic heterocycles. The molecular weight excluding hydrogens is 174 g/mol. The van der Waals surface area contributed by atoms with Crippen molar-refractivity contribution in [1.82, 2.24) is 0 Å². The topological polar surface area (TPSA) is 22.3 Å². The highest BCUT2D eigenvalue weighted by molar-refractivity contribution is 7.80. The molecule has 0 N–H and O–H groups in total. The van der Waals surface area contributed by atoms with E-state index in [0.29, 0.717) is 18.4 Å². The Hall–Kier alpha value is -0.900. The van der Waals surface area contributed by atoms with E-state index < -0.39 is 0 Å². The second kappa shape index (κ2) is 4.87. The van der Waals surface area contributed by atoms with E-state index in [4.69, 9.17) is 9.57 Å². The molecule has 0 aliphatic heterocycles. The summed E-state index contributed by atoms with van der Waals surface area (Å²) in [6.45, 7) is 2.53. The van der Waals surface area contributed by atoms with Gasteiger partial charge in [-0.2, -0.15) is 0 Å². The summed E-state index contributed by atoms with van der Waals surface area (Å²) in [5.74, 6) is 1.01. The SMILES string of the molecule is CCO[n+]1ccccc1OCS. The van der Waals surface area contributed by atoms with Gasteiger partial charge in [-0.25, -0.2) is 0 Å². The number of aromatic nitrogens is 1. The highest BCUT2D eigenvalue weighted by atomic mass is 32.1. The molecule has 1 heterocycles. The molecule has 4 heteroatoms. The maximum atomic E-state index is 5.25. The van der Waals surface area contributed by atoms with Gasteiger partial charge in [0.15, 0.2) is 6.61 Å². The van der Waals surface area contributed by atoms with Gasteiger partial charge in [-0.05, 0) is 13.0 Å². The quantitative estimate of drug-likeness (QED) is 0.424. The van der Waals surface area contributed by atoms with E-state index >= 15 is 0 Å².